The summed E-state index contributed by atoms with van der Waals surface area (Å²) in [5, 5.41) is 23.1. The second-order valence-electron chi connectivity index (χ2n) is 17.9. The summed E-state index contributed by atoms with van der Waals surface area (Å²) in [5.41, 5.74) is 0. The van der Waals surface area contributed by atoms with Gasteiger partial charge < -0.3 is 15.5 Å². The van der Waals surface area contributed by atoms with Gasteiger partial charge in [0.05, 0.1) is 18.8 Å². The van der Waals surface area contributed by atoms with Gasteiger partial charge in [-0.25, -0.2) is 0 Å². The van der Waals surface area contributed by atoms with Gasteiger partial charge >= 0.3 is 0 Å². The predicted octanol–water partition coefficient (Wildman–Crippen LogP) is 18.2. The molecular weight excluding hydrogens is 807 g/mol. The Labute approximate surface area is 409 Å². The number of hydrogen-bond acceptors (Lipinski definition) is 3. The number of aliphatic hydroxyl groups is 2. The van der Waals surface area contributed by atoms with Crippen LogP contribution < -0.4 is 5.32 Å². The van der Waals surface area contributed by atoms with Crippen LogP contribution in [0.1, 0.15) is 232 Å². The van der Waals surface area contributed by atoms with Crippen LogP contribution in [0.2, 0.25) is 0 Å². The first kappa shape index (κ1) is 62.5. The minimum Gasteiger partial charge on any atom is -0.394 e. The van der Waals surface area contributed by atoms with Gasteiger partial charge in [-0.3, -0.25) is 4.79 Å². The maximum absolute atomic E-state index is 12.4. The molecule has 2 unspecified atom stereocenters. The van der Waals surface area contributed by atoms with Gasteiger partial charge in [0.15, 0.2) is 0 Å². The maximum atomic E-state index is 12.4. The molecule has 374 valence electrons. The molecule has 0 rings (SSSR count). The van der Waals surface area contributed by atoms with Crippen molar-refractivity contribution in [3.05, 3.63) is 134 Å². The fourth-order valence-electron chi connectivity index (χ4n) is 7.48. The van der Waals surface area contributed by atoms with Gasteiger partial charge in [0.1, 0.15) is 0 Å². The van der Waals surface area contributed by atoms with Crippen molar-refractivity contribution in [2.24, 2.45) is 0 Å². The first-order valence-electron chi connectivity index (χ1n) is 27.4. The van der Waals surface area contributed by atoms with Crippen molar-refractivity contribution in [2.45, 2.75) is 244 Å². The molecule has 0 radical (unpaired) electrons. The third kappa shape index (κ3) is 51.5. The molecule has 0 spiro atoms. The minimum atomic E-state index is -0.871. The van der Waals surface area contributed by atoms with Gasteiger partial charge in [-0.15, -0.1) is 0 Å². The van der Waals surface area contributed by atoms with Crippen molar-refractivity contribution in [3.8, 4) is 0 Å². The maximum Gasteiger partial charge on any atom is 0.220 e. The number of carbonyl (C=O) groups is 1. The molecule has 2 atom stereocenters. The Balaban J connectivity index is 3.62. The Morgan fingerprint density at radius 2 is 0.682 bits per heavy atom. The molecule has 0 fully saturated rings. The largest absolute Gasteiger partial charge is 0.394 e. The molecule has 3 N–H and O–H groups in total. The molecule has 0 aromatic heterocycles. The standard InChI is InChI=1S/C62H103NO3/c1-3-5-7-9-11-13-15-17-19-20-21-22-23-24-25-26-27-28-29-30-31-32-33-34-35-36-37-38-39-40-41-42-44-46-48-50-52-54-56-58-62(66)63-60(59-64)61(65)57-55-53-51-49-47-45-43-18-16-14-12-10-8-6-4-2/h5,7,11,13,17,19,21-22,24-25,27-28,30-31,33-34,36-37,47,49,55,57,60-61,64-65H,3-4,6,8-10,12,14-16,18,20,23,26,29,32,35,38-46,48,50-54,56,58-59H2,1-2H3,(H,63,66)/b7-5-,13-11-,19-17-,22-21-,25-24-,28-27-,31-30-,34-33-,37-36-,49-47+,57-55+. The fraction of sp³-hybridized carbons (Fsp3) is 0.629. The Morgan fingerprint density at radius 1 is 0.379 bits per heavy atom. The van der Waals surface area contributed by atoms with E-state index in [1.54, 1.807) is 6.08 Å². The first-order chi connectivity index (χ1) is 32.7. The van der Waals surface area contributed by atoms with Crippen molar-refractivity contribution >= 4 is 5.91 Å². The van der Waals surface area contributed by atoms with E-state index in [1.807, 2.05) is 6.08 Å². The van der Waals surface area contributed by atoms with Crippen LogP contribution >= 0.6 is 0 Å². The summed E-state index contributed by atoms with van der Waals surface area (Å²) in [6.07, 6.45) is 87.4. The van der Waals surface area contributed by atoms with E-state index in [-0.39, 0.29) is 12.5 Å². The average Bonchev–Trinajstić information content (AvgIpc) is 3.32. The lowest BCUT2D eigenvalue weighted by Gasteiger charge is -2.19. The number of rotatable bonds is 48. The summed E-state index contributed by atoms with van der Waals surface area (Å²) in [4.78, 5) is 12.4. The van der Waals surface area contributed by atoms with E-state index in [0.717, 1.165) is 89.9 Å². The number of nitrogens with one attached hydrogen (secondary N) is 1. The molecule has 0 aliphatic carbocycles. The summed E-state index contributed by atoms with van der Waals surface area (Å²) < 4.78 is 0. The molecule has 0 saturated heterocycles. The predicted molar refractivity (Wildman–Crippen MR) is 294 cm³/mol. The van der Waals surface area contributed by atoms with Crippen LogP contribution in [-0.4, -0.2) is 34.9 Å². The van der Waals surface area contributed by atoms with E-state index >= 15 is 0 Å². The number of aliphatic hydroxyl groups excluding tert-OH is 2. The van der Waals surface area contributed by atoms with Gasteiger partial charge in [0.2, 0.25) is 5.91 Å². The lowest BCUT2D eigenvalue weighted by Crippen LogP contribution is -2.45. The van der Waals surface area contributed by atoms with Crippen molar-refractivity contribution in [1.29, 1.82) is 0 Å². The Kier molecular flexibility index (Phi) is 52.9. The molecule has 0 aliphatic rings. The van der Waals surface area contributed by atoms with E-state index in [4.69, 9.17) is 0 Å². The molecule has 66 heavy (non-hydrogen) atoms. The zero-order valence-corrected chi connectivity index (χ0v) is 42.9. The van der Waals surface area contributed by atoms with Crippen molar-refractivity contribution in [1.82, 2.24) is 5.32 Å². The number of hydrogen-bond donors (Lipinski definition) is 3. The van der Waals surface area contributed by atoms with Gasteiger partial charge in [-0.1, -0.05) is 257 Å². The molecular formula is C62H103NO3. The Bertz CT molecular complexity index is 1350. The van der Waals surface area contributed by atoms with E-state index in [0.29, 0.717) is 6.42 Å². The molecule has 1 amide bonds. The van der Waals surface area contributed by atoms with Gasteiger partial charge in [0, 0.05) is 6.42 Å². The van der Waals surface area contributed by atoms with E-state index in [1.165, 1.54) is 122 Å². The highest BCUT2D eigenvalue weighted by Gasteiger charge is 2.17. The number of carbonyl (C=O) groups excluding carboxylic acids is 1. The van der Waals surface area contributed by atoms with Crippen LogP contribution in [0.5, 0.6) is 0 Å². The highest BCUT2D eigenvalue weighted by molar-refractivity contribution is 5.76. The van der Waals surface area contributed by atoms with E-state index < -0.39 is 12.1 Å². The monoisotopic (exact) mass is 910 g/mol. The zero-order valence-electron chi connectivity index (χ0n) is 42.9. The molecule has 0 saturated carbocycles. The van der Waals surface area contributed by atoms with Crippen LogP contribution in [0.4, 0.5) is 0 Å². The summed E-state index contributed by atoms with van der Waals surface area (Å²) in [5.74, 6) is -0.0828. The summed E-state index contributed by atoms with van der Waals surface area (Å²) in [6.45, 7) is 4.17. The van der Waals surface area contributed by atoms with Crippen LogP contribution in [-0.2, 0) is 4.79 Å². The molecule has 0 aromatic rings. The third-order valence-corrected chi connectivity index (χ3v) is 11.6. The van der Waals surface area contributed by atoms with Crippen molar-refractivity contribution < 1.29 is 15.0 Å². The number of amides is 1. The lowest BCUT2D eigenvalue weighted by atomic mass is 10.0. The molecule has 0 bridgehead atoms. The molecule has 4 heteroatoms. The van der Waals surface area contributed by atoms with Crippen molar-refractivity contribution in [3.63, 3.8) is 0 Å². The Morgan fingerprint density at radius 3 is 1.06 bits per heavy atom. The molecule has 0 aliphatic heterocycles. The van der Waals surface area contributed by atoms with Gasteiger partial charge in [-0.05, 0) is 103 Å². The van der Waals surface area contributed by atoms with Crippen LogP contribution in [0.25, 0.3) is 0 Å². The zero-order chi connectivity index (χ0) is 47.7. The second-order valence-corrected chi connectivity index (χ2v) is 17.9. The summed E-state index contributed by atoms with van der Waals surface area (Å²) in [6, 6.07) is -0.649. The third-order valence-electron chi connectivity index (χ3n) is 11.6. The molecule has 0 aromatic carbocycles. The van der Waals surface area contributed by atoms with Crippen LogP contribution in [0, 0.1) is 0 Å². The van der Waals surface area contributed by atoms with Crippen molar-refractivity contribution in [2.75, 3.05) is 6.61 Å². The van der Waals surface area contributed by atoms with Gasteiger partial charge in [0.25, 0.3) is 0 Å². The smallest absolute Gasteiger partial charge is 0.220 e. The molecule has 0 heterocycles. The number of unbranched alkanes of at least 4 members (excludes halogenated alkanes) is 21. The van der Waals surface area contributed by atoms with Gasteiger partial charge in [-0.2, -0.15) is 0 Å². The van der Waals surface area contributed by atoms with E-state index in [9.17, 15) is 15.0 Å². The molecule has 4 nitrogen and oxygen atoms in total. The van der Waals surface area contributed by atoms with E-state index in [2.05, 4.69) is 141 Å². The number of allylic oxidation sites excluding steroid dienone is 21. The lowest BCUT2D eigenvalue weighted by molar-refractivity contribution is -0.123. The SMILES string of the molecule is CC/C=C\C/C=C\C/C=C\C/C=C\C/C=C\C/C=C\C/C=C\C/C=C\C/C=C\CCCCCCCCCCCCCC(=O)NC(CO)C(O)/C=C/CC/C=C/CCCCCCCCCCC. The quantitative estimate of drug-likeness (QED) is 0.0421. The minimum absolute atomic E-state index is 0.0828. The fourth-order valence-corrected chi connectivity index (χ4v) is 7.48. The highest BCUT2D eigenvalue weighted by atomic mass is 16.3. The average molecular weight is 911 g/mol. The van der Waals surface area contributed by atoms with Crippen LogP contribution in [0.3, 0.4) is 0 Å². The topological polar surface area (TPSA) is 69.6 Å². The van der Waals surface area contributed by atoms with Crippen LogP contribution in [0.15, 0.2) is 134 Å². The summed E-state index contributed by atoms with van der Waals surface area (Å²) >= 11 is 0. The Hall–Kier alpha value is -3.47. The second kappa shape index (κ2) is 55.9. The summed E-state index contributed by atoms with van der Waals surface area (Å²) in [7, 11) is 0. The normalized spacial score (nSPS) is 13.9. The highest BCUT2D eigenvalue weighted by Crippen LogP contribution is 2.14. The first-order valence-corrected chi connectivity index (χ1v) is 27.4.